The third-order valence-electron chi connectivity index (χ3n) is 1.31. The summed E-state index contributed by atoms with van der Waals surface area (Å²) in [7, 11) is 0. The Morgan fingerprint density at radius 2 is 2.27 bits per heavy atom. The average molecular weight is 213 g/mol. The molecular formula is C9H6BrF. The number of halogens is 2. The first kappa shape index (κ1) is 8.29. The van der Waals surface area contributed by atoms with Gasteiger partial charge in [-0.3, -0.25) is 0 Å². The van der Waals surface area contributed by atoms with Gasteiger partial charge in [0.1, 0.15) is 5.82 Å². The second-order valence-corrected chi connectivity index (χ2v) is 3.03. The molecule has 0 bridgehead atoms. The normalized spacial score (nSPS) is 9.18. The Morgan fingerprint density at radius 1 is 1.55 bits per heavy atom. The number of hydrogen-bond donors (Lipinski definition) is 0. The van der Waals surface area contributed by atoms with Crippen LogP contribution in [0.3, 0.4) is 0 Å². The van der Waals surface area contributed by atoms with Crippen molar-refractivity contribution in [3.8, 4) is 12.3 Å². The van der Waals surface area contributed by atoms with E-state index in [0.29, 0.717) is 12.0 Å². The van der Waals surface area contributed by atoms with Gasteiger partial charge in [0.25, 0.3) is 0 Å². The largest absolute Gasteiger partial charge is 0.207 e. The van der Waals surface area contributed by atoms with E-state index in [0.717, 1.165) is 4.47 Å². The second-order valence-electron chi connectivity index (χ2n) is 2.12. The van der Waals surface area contributed by atoms with Crippen molar-refractivity contribution in [3.05, 3.63) is 34.1 Å². The summed E-state index contributed by atoms with van der Waals surface area (Å²) in [5.41, 5.74) is 0.565. The predicted molar refractivity (Wildman–Crippen MR) is 46.6 cm³/mol. The van der Waals surface area contributed by atoms with E-state index in [-0.39, 0.29) is 5.82 Å². The molecule has 0 saturated heterocycles. The highest BCUT2D eigenvalue weighted by atomic mass is 79.9. The van der Waals surface area contributed by atoms with Crippen molar-refractivity contribution < 1.29 is 4.39 Å². The van der Waals surface area contributed by atoms with Gasteiger partial charge in [0.15, 0.2) is 0 Å². The molecular weight excluding hydrogens is 207 g/mol. The molecule has 1 aromatic carbocycles. The van der Waals surface area contributed by atoms with E-state index in [2.05, 4.69) is 21.9 Å². The zero-order valence-electron chi connectivity index (χ0n) is 5.77. The summed E-state index contributed by atoms with van der Waals surface area (Å²) in [5, 5.41) is 0. The topological polar surface area (TPSA) is 0 Å². The lowest BCUT2D eigenvalue weighted by Crippen LogP contribution is -1.87. The van der Waals surface area contributed by atoms with Crippen molar-refractivity contribution in [2.45, 2.75) is 6.42 Å². The van der Waals surface area contributed by atoms with Crippen LogP contribution in [-0.4, -0.2) is 0 Å². The van der Waals surface area contributed by atoms with E-state index < -0.39 is 0 Å². The van der Waals surface area contributed by atoms with Crippen LogP contribution in [0.4, 0.5) is 4.39 Å². The third kappa shape index (κ3) is 2.06. The molecule has 1 rings (SSSR count). The summed E-state index contributed by atoms with van der Waals surface area (Å²) >= 11 is 3.16. The van der Waals surface area contributed by atoms with Gasteiger partial charge in [-0.2, -0.15) is 0 Å². The van der Waals surface area contributed by atoms with Gasteiger partial charge < -0.3 is 0 Å². The van der Waals surface area contributed by atoms with Crippen LogP contribution in [0.25, 0.3) is 0 Å². The summed E-state index contributed by atoms with van der Waals surface area (Å²) in [6.07, 6.45) is 5.39. The highest BCUT2D eigenvalue weighted by molar-refractivity contribution is 9.10. The fourth-order valence-electron chi connectivity index (χ4n) is 0.775. The molecule has 0 amide bonds. The minimum atomic E-state index is -0.252. The molecule has 2 heteroatoms. The maximum Gasteiger partial charge on any atom is 0.128 e. The molecule has 0 aliphatic rings. The van der Waals surface area contributed by atoms with Crippen LogP contribution >= 0.6 is 15.9 Å². The van der Waals surface area contributed by atoms with Crippen molar-refractivity contribution in [1.82, 2.24) is 0 Å². The van der Waals surface area contributed by atoms with Gasteiger partial charge in [0.2, 0.25) is 0 Å². The van der Waals surface area contributed by atoms with Gasteiger partial charge >= 0.3 is 0 Å². The summed E-state index contributed by atoms with van der Waals surface area (Å²) in [4.78, 5) is 0. The molecule has 0 aliphatic carbocycles. The number of terminal acetylenes is 1. The minimum Gasteiger partial charge on any atom is -0.207 e. The van der Waals surface area contributed by atoms with E-state index in [1.807, 2.05) is 0 Å². The second kappa shape index (κ2) is 3.54. The Hall–Kier alpha value is -0.810. The number of hydrogen-bond acceptors (Lipinski definition) is 0. The Morgan fingerprint density at radius 3 is 2.82 bits per heavy atom. The lowest BCUT2D eigenvalue weighted by molar-refractivity contribution is 0.614. The predicted octanol–water partition coefficient (Wildman–Crippen LogP) is 2.76. The van der Waals surface area contributed by atoms with Crippen LogP contribution in [0.1, 0.15) is 5.56 Å². The van der Waals surface area contributed by atoms with E-state index in [1.54, 1.807) is 12.1 Å². The first-order valence-electron chi connectivity index (χ1n) is 3.11. The molecule has 0 saturated carbocycles. The molecule has 0 heterocycles. The van der Waals surface area contributed by atoms with Crippen molar-refractivity contribution in [2.24, 2.45) is 0 Å². The van der Waals surface area contributed by atoms with Crippen molar-refractivity contribution in [1.29, 1.82) is 0 Å². The van der Waals surface area contributed by atoms with Crippen LogP contribution < -0.4 is 0 Å². The third-order valence-corrected chi connectivity index (χ3v) is 1.80. The van der Waals surface area contributed by atoms with Gasteiger partial charge in [-0.1, -0.05) is 22.0 Å². The molecule has 11 heavy (non-hydrogen) atoms. The highest BCUT2D eigenvalue weighted by Gasteiger charge is 1.99. The summed E-state index contributed by atoms with van der Waals surface area (Å²) in [5.74, 6) is 2.14. The minimum absolute atomic E-state index is 0.252. The molecule has 56 valence electrons. The highest BCUT2D eigenvalue weighted by Crippen LogP contribution is 2.15. The van der Waals surface area contributed by atoms with Crippen LogP contribution in [0.15, 0.2) is 22.7 Å². The Bertz CT molecular complexity index is 299. The first-order valence-corrected chi connectivity index (χ1v) is 3.90. The molecule has 0 aromatic heterocycles. The molecule has 1 aromatic rings. The maximum atomic E-state index is 12.9. The van der Waals surface area contributed by atoms with Gasteiger partial charge in [-0.25, -0.2) is 4.39 Å². The molecule has 0 fully saturated rings. The van der Waals surface area contributed by atoms with Gasteiger partial charge in [0, 0.05) is 10.9 Å². The summed E-state index contributed by atoms with van der Waals surface area (Å²) in [6.45, 7) is 0. The van der Waals surface area contributed by atoms with E-state index in [1.165, 1.54) is 6.07 Å². The lowest BCUT2D eigenvalue weighted by atomic mass is 10.1. The van der Waals surface area contributed by atoms with E-state index >= 15 is 0 Å². The lowest BCUT2D eigenvalue weighted by Gasteiger charge is -1.97. The van der Waals surface area contributed by atoms with Crippen LogP contribution in [0, 0.1) is 18.2 Å². The number of benzene rings is 1. The summed E-state index contributed by atoms with van der Waals surface area (Å²) < 4.78 is 13.6. The maximum absolute atomic E-state index is 12.9. The SMILES string of the molecule is C#CCc1ccc(Br)cc1F. The van der Waals surface area contributed by atoms with Gasteiger partial charge in [0.05, 0.1) is 0 Å². The Labute approximate surface area is 73.6 Å². The standard InChI is InChI=1S/C9H6BrF/c1-2-3-7-4-5-8(10)6-9(7)11/h1,4-6H,3H2. The zero-order valence-corrected chi connectivity index (χ0v) is 7.36. The van der Waals surface area contributed by atoms with Gasteiger partial charge in [-0.05, 0) is 17.7 Å². The van der Waals surface area contributed by atoms with Crippen molar-refractivity contribution in [3.63, 3.8) is 0 Å². The molecule has 0 radical (unpaired) electrons. The Kier molecular flexibility index (Phi) is 2.67. The van der Waals surface area contributed by atoms with Gasteiger partial charge in [-0.15, -0.1) is 12.3 Å². The zero-order chi connectivity index (χ0) is 8.27. The molecule has 0 atom stereocenters. The Balaban J connectivity index is 3.01. The molecule has 0 unspecified atom stereocenters. The molecule has 0 nitrogen and oxygen atoms in total. The summed E-state index contributed by atoms with van der Waals surface area (Å²) in [6, 6.07) is 4.86. The smallest absolute Gasteiger partial charge is 0.128 e. The fourth-order valence-corrected chi connectivity index (χ4v) is 1.11. The van der Waals surface area contributed by atoms with Crippen molar-refractivity contribution in [2.75, 3.05) is 0 Å². The van der Waals surface area contributed by atoms with Crippen LogP contribution in [-0.2, 0) is 6.42 Å². The fraction of sp³-hybridized carbons (Fsp3) is 0.111. The van der Waals surface area contributed by atoms with Crippen molar-refractivity contribution >= 4 is 15.9 Å². The monoisotopic (exact) mass is 212 g/mol. The first-order chi connectivity index (χ1) is 5.24. The molecule has 0 aliphatic heterocycles. The molecule has 0 N–H and O–H groups in total. The van der Waals surface area contributed by atoms with E-state index in [4.69, 9.17) is 6.42 Å². The van der Waals surface area contributed by atoms with Crippen LogP contribution in [0.5, 0.6) is 0 Å². The molecule has 0 spiro atoms. The average Bonchev–Trinajstić information content (AvgIpc) is 1.95. The van der Waals surface area contributed by atoms with E-state index in [9.17, 15) is 4.39 Å². The number of rotatable bonds is 1. The van der Waals surface area contributed by atoms with Crippen LogP contribution in [0.2, 0.25) is 0 Å². The quantitative estimate of drug-likeness (QED) is 0.629.